The number of rotatable bonds is 4. The van der Waals surface area contributed by atoms with Gasteiger partial charge in [-0.15, -0.1) is 0 Å². The van der Waals surface area contributed by atoms with Crippen molar-refractivity contribution >= 4 is 5.91 Å². The van der Waals surface area contributed by atoms with Crippen molar-refractivity contribution < 1.29 is 9.90 Å². The zero-order chi connectivity index (χ0) is 13.0. The second kappa shape index (κ2) is 5.82. The summed E-state index contributed by atoms with van der Waals surface area (Å²) < 4.78 is 0. The first-order valence-electron chi connectivity index (χ1n) is 6.28. The Balaban J connectivity index is 1.90. The van der Waals surface area contributed by atoms with Gasteiger partial charge in [-0.05, 0) is 30.7 Å². The molecule has 1 saturated carbocycles. The van der Waals surface area contributed by atoms with E-state index in [1.165, 1.54) is 12.3 Å². The number of aliphatic hydroxyl groups is 1. The quantitative estimate of drug-likeness (QED) is 0.728. The molecular formula is C13H18N2O3. The van der Waals surface area contributed by atoms with Crippen LogP contribution in [-0.2, 0) is 0 Å². The number of aliphatic hydroxyl groups excluding tert-OH is 1. The first-order chi connectivity index (χ1) is 8.70. The molecule has 2 rings (SSSR count). The van der Waals surface area contributed by atoms with Crippen LogP contribution in [0, 0.1) is 11.8 Å². The molecule has 0 bridgehead atoms. The maximum Gasteiger partial charge on any atom is 0.251 e. The normalized spacial score (nSPS) is 22.9. The second-order valence-corrected chi connectivity index (χ2v) is 4.79. The summed E-state index contributed by atoms with van der Waals surface area (Å²) in [6, 6.07) is 2.86. The van der Waals surface area contributed by atoms with Crippen molar-refractivity contribution in [2.75, 3.05) is 13.2 Å². The van der Waals surface area contributed by atoms with Gasteiger partial charge in [-0.25, -0.2) is 0 Å². The van der Waals surface area contributed by atoms with Gasteiger partial charge in [0, 0.05) is 31.0 Å². The van der Waals surface area contributed by atoms with Crippen LogP contribution in [0.3, 0.4) is 0 Å². The molecular weight excluding hydrogens is 232 g/mol. The highest BCUT2D eigenvalue weighted by Crippen LogP contribution is 2.30. The standard InChI is InChI=1S/C13H18N2O3/c16-8-11-3-1-2-10(11)7-15-13(18)9-4-5-14-12(17)6-9/h4-6,10-11,16H,1-3,7-8H2,(H,14,17)(H,15,18). The Morgan fingerprint density at radius 2 is 2.22 bits per heavy atom. The van der Waals surface area contributed by atoms with Crippen molar-refractivity contribution in [3.8, 4) is 0 Å². The molecule has 1 aliphatic rings. The molecule has 3 N–H and O–H groups in total. The van der Waals surface area contributed by atoms with Crippen LogP contribution in [-0.4, -0.2) is 29.1 Å². The number of carbonyl (C=O) groups excluding carboxylic acids is 1. The van der Waals surface area contributed by atoms with E-state index in [0.29, 0.717) is 23.9 Å². The smallest absolute Gasteiger partial charge is 0.251 e. The lowest BCUT2D eigenvalue weighted by Crippen LogP contribution is -2.32. The average molecular weight is 250 g/mol. The Hall–Kier alpha value is -1.62. The molecule has 2 atom stereocenters. The van der Waals surface area contributed by atoms with Gasteiger partial charge in [0.2, 0.25) is 5.56 Å². The fraction of sp³-hybridized carbons (Fsp3) is 0.538. The van der Waals surface area contributed by atoms with Gasteiger partial charge in [-0.1, -0.05) is 6.42 Å². The summed E-state index contributed by atoms with van der Waals surface area (Å²) in [5, 5.41) is 12.0. The van der Waals surface area contributed by atoms with E-state index < -0.39 is 0 Å². The minimum atomic E-state index is -0.281. The summed E-state index contributed by atoms with van der Waals surface area (Å²) in [6.07, 6.45) is 4.64. The zero-order valence-electron chi connectivity index (χ0n) is 10.2. The van der Waals surface area contributed by atoms with Crippen LogP contribution in [0.15, 0.2) is 23.1 Å². The number of carbonyl (C=O) groups is 1. The van der Waals surface area contributed by atoms with Crippen molar-refractivity contribution in [2.45, 2.75) is 19.3 Å². The Labute approximate surface area is 105 Å². The minimum Gasteiger partial charge on any atom is -0.396 e. The van der Waals surface area contributed by atoms with Crippen molar-refractivity contribution in [3.63, 3.8) is 0 Å². The lowest BCUT2D eigenvalue weighted by atomic mass is 9.97. The molecule has 98 valence electrons. The fourth-order valence-electron chi connectivity index (χ4n) is 2.53. The molecule has 0 radical (unpaired) electrons. The van der Waals surface area contributed by atoms with Gasteiger partial charge < -0.3 is 15.4 Å². The van der Waals surface area contributed by atoms with Crippen LogP contribution in [0.25, 0.3) is 0 Å². The molecule has 0 spiro atoms. The number of aromatic nitrogens is 1. The van der Waals surface area contributed by atoms with Crippen LogP contribution in [0.4, 0.5) is 0 Å². The van der Waals surface area contributed by atoms with Crippen LogP contribution >= 0.6 is 0 Å². The van der Waals surface area contributed by atoms with Crippen LogP contribution in [0.2, 0.25) is 0 Å². The SMILES string of the molecule is O=C(NCC1CCCC1CO)c1cc[nH]c(=O)c1. The van der Waals surface area contributed by atoms with E-state index in [-0.39, 0.29) is 18.1 Å². The van der Waals surface area contributed by atoms with E-state index >= 15 is 0 Å². The molecule has 5 heteroatoms. The van der Waals surface area contributed by atoms with Crippen LogP contribution < -0.4 is 10.9 Å². The lowest BCUT2D eigenvalue weighted by molar-refractivity contribution is 0.0937. The summed E-state index contributed by atoms with van der Waals surface area (Å²) >= 11 is 0. The van der Waals surface area contributed by atoms with Gasteiger partial charge >= 0.3 is 0 Å². The summed E-state index contributed by atoms with van der Waals surface area (Å²) in [5.41, 5.74) is 0.0917. The highest BCUT2D eigenvalue weighted by Gasteiger charge is 2.26. The van der Waals surface area contributed by atoms with Crippen molar-refractivity contribution in [2.24, 2.45) is 11.8 Å². The summed E-state index contributed by atoms with van der Waals surface area (Å²) in [5.74, 6) is 0.412. The number of pyridine rings is 1. The Morgan fingerprint density at radius 1 is 1.44 bits per heavy atom. The highest BCUT2D eigenvalue weighted by atomic mass is 16.3. The first-order valence-corrected chi connectivity index (χ1v) is 6.28. The van der Waals surface area contributed by atoms with E-state index in [9.17, 15) is 14.7 Å². The third kappa shape index (κ3) is 2.98. The maximum absolute atomic E-state index is 11.8. The Kier molecular flexibility index (Phi) is 4.15. The van der Waals surface area contributed by atoms with Crippen molar-refractivity contribution in [1.82, 2.24) is 10.3 Å². The maximum atomic E-state index is 11.8. The van der Waals surface area contributed by atoms with Gasteiger partial charge in [0.1, 0.15) is 0 Å². The van der Waals surface area contributed by atoms with Gasteiger partial charge in [-0.2, -0.15) is 0 Å². The molecule has 1 amide bonds. The molecule has 0 saturated heterocycles. The average Bonchev–Trinajstić information content (AvgIpc) is 2.83. The molecule has 1 fully saturated rings. The van der Waals surface area contributed by atoms with E-state index in [1.54, 1.807) is 6.07 Å². The van der Waals surface area contributed by atoms with Crippen LogP contribution in [0.5, 0.6) is 0 Å². The van der Waals surface area contributed by atoms with E-state index in [1.807, 2.05) is 0 Å². The van der Waals surface area contributed by atoms with Gasteiger partial charge in [0.15, 0.2) is 0 Å². The molecule has 0 aromatic carbocycles. The predicted octanol–water partition coefficient (Wildman–Crippen LogP) is 0.513. The van der Waals surface area contributed by atoms with Gasteiger partial charge in [0.05, 0.1) is 0 Å². The van der Waals surface area contributed by atoms with E-state index in [0.717, 1.165) is 19.3 Å². The zero-order valence-corrected chi connectivity index (χ0v) is 10.2. The topological polar surface area (TPSA) is 82.2 Å². The summed E-state index contributed by atoms with van der Waals surface area (Å²) in [4.78, 5) is 25.4. The molecule has 1 heterocycles. The van der Waals surface area contributed by atoms with Crippen molar-refractivity contribution in [1.29, 1.82) is 0 Å². The molecule has 18 heavy (non-hydrogen) atoms. The van der Waals surface area contributed by atoms with Crippen molar-refractivity contribution in [3.05, 3.63) is 34.2 Å². The monoisotopic (exact) mass is 250 g/mol. The Bertz CT molecular complexity index is 469. The Morgan fingerprint density at radius 3 is 2.94 bits per heavy atom. The van der Waals surface area contributed by atoms with Crippen LogP contribution in [0.1, 0.15) is 29.6 Å². The molecule has 5 nitrogen and oxygen atoms in total. The third-order valence-corrected chi connectivity index (χ3v) is 3.61. The predicted molar refractivity (Wildman–Crippen MR) is 67.3 cm³/mol. The van der Waals surface area contributed by atoms with Gasteiger partial charge in [0.25, 0.3) is 5.91 Å². The minimum absolute atomic E-state index is 0.186. The number of nitrogens with one attached hydrogen (secondary N) is 2. The summed E-state index contributed by atoms with van der Waals surface area (Å²) in [7, 11) is 0. The largest absolute Gasteiger partial charge is 0.396 e. The molecule has 1 aliphatic carbocycles. The number of H-pyrrole nitrogens is 1. The number of aromatic amines is 1. The number of hydrogen-bond acceptors (Lipinski definition) is 3. The lowest BCUT2D eigenvalue weighted by Gasteiger charge is -2.17. The summed E-state index contributed by atoms with van der Waals surface area (Å²) in [6.45, 7) is 0.752. The van der Waals surface area contributed by atoms with E-state index in [2.05, 4.69) is 10.3 Å². The number of amides is 1. The van der Waals surface area contributed by atoms with Gasteiger partial charge in [-0.3, -0.25) is 9.59 Å². The van der Waals surface area contributed by atoms with E-state index in [4.69, 9.17) is 0 Å². The molecule has 1 aromatic heterocycles. The third-order valence-electron chi connectivity index (χ3n) is 3.61. The molecule has 0 aliphatic heterocycles. The first kappa shape index (κ1) is 12.8. The number of hydrogen-bond donors (Lipinski definition) is 3. The second-order valence-electron chi connectivity index (χ2n) is 4.79. The molecule has 2 unspecified atom stereocenters. The fourth-order valence-corrected chi connectivity index (χ4v) is 2.53. The molecule has 1 aromatic rings. The highest BCUT2D eigenvalue weighted by molar-refractivity contribution is 5.93.